The van der Waals surface area contributed by atoms with E-state index in [0.29, 0.717) is 19.0 Å². The number of hydrogen-bond acceptors (Lipinski definition) is 3. The first kappa shape index (κ1) is 13.8. The monoisotopic (exact) mass is 286 g/mol. The molecule has 0 fully saturated rings. The molecule has 1 unspecified atom stereocenters. The van der Waals surface area contributed by atoms with Crippen LogP contribution in [0.5, 0.6) is 0 Å². The van der Waals surface area contributed by atoms with Gasteiger partial charge < -0.3 is 10.6 Å². The van der Waals surface area contributed by atoms with Gasteiger partial charge in [0, 0.05) is 30.4 Å². The highest BCUT2D eigenvalue weighted by Gasteiger charge is 2.22. The average molecular weight is 287 g/mol. The molecule has 0 aromatic carbocycles. The van der Waals surface area contributed by atoms with Gasteiger partial charge in [0.15, 0.2) is 0 Å². The summed E-state index contributed by atoms with van der Waals surface area (Å²) in [4.78, 5) is 12.8. The summed E-state index contributed by atoms with van der Waals surface area (Å²) in [5, 5.41) is 6.28. The summed E-state index contributed by atoms with van der Waals surface area (Å²) in [5.74, 6) is 0.115. The first-order valence-electron chi connectivity index (χ1n) is 6.49. The second kappa shape index (κ2) is 6.55. The van der Waals surface area contributed by atoms with Crippen molar-refractivity contribution in [1.29, 1.82) is 0 Å². The predicted octanol–water partition coefficient (Wildman–Crippen LogP) is 2.89. The van der Waals surface area contributed by atoms with E-state index in [1.807, 2.05) is 6.92 Å². The number of fused-ring (bicyclic) bond motifs is 1. The number of nitrogens with one attached hydrogen (secondary N) is 2. The molecule has 1 aliphatic rings. The summed E-state index contributed by atoms with van der Waals surface area (Å²) in [5.41, 5.74) is 1.34. The Hall–Kier alpha value is -0.580. The molecule has 0 saturated carbocycles. The van der Waals surface area contributed by atoms with Gasteiger partial charge in [-0.05, 0) is 37.8 Å². The third-order valence-corrected chi connectivity index (χ3v) is 4.54. The van der Waals surface area contributed by atoms with Gasteiger partial charge in [-0.1, -0.05) is 11.6 Å². The molecule has 1 aromatic heterocycles. The van der Waals surface area contributed by atoms with Gasteiger partial charge in [-0.15, -0.1) is 11.3 Å². The summed E-state index contributed by atoms with van der Waals surface area (Å²) in [6.07, 6.45) is 4.01. The second-order valence-corrected chi connectivity index (χ2v) is 6.30. The van der Waals surface area contributed by atoms with E-state index in [1.54, 1.807) is 11.3 Å². The van der Waals surface area contributed by atoms with Crippen LogP contribution in [0.25, 0.3) is 0 Å². The SMILES string of the molecule is CCNC(=O)CCNC1CCCc2sc(Cl)cc21. The Bertz CT molecular complexity index is 419. The van der Waals surface area contributed by atoms with Gasteiger partial charge in [0.1, 0.15) is 0 Å². The van der Waals surface area contributed by atoms with Crippen LogP contribution < -0.4 is 10.6 Å². The zero-order chi connectivity index (χ0) is 13.0. The van der Waals surface area contributed by atoms with E-state index >= 15 is 0 Å². The van der Waals surface area contributed by atoms with Gasteiger partial charge >= 0.3 is 0 Å². The molecule has 0 bridgehead atoms. The van der Waals surface area contributed by atoms with Crippen LogP contribution >= 0.6 is 22.9 Å². The normalized spacial score (nSPS) is 18.4. The Morgan fingerprint density at radius 2 is 2.44 bits per heavy atom. The molecule has 1 aliphatic carbocycles. The minimum absolute atomic E-state index is 0.115. The van der Waals surface area contributed by atoms with Crippen molar-refractivity contribution in [2.24, 2.45) is 0 Å². The number of carbonyl (C=O) groups is 1. The van der Waals surface area contributed by atoms with Crippen molar-refractivity contribution < 1.29 is 4.79 Å². The van der Waals surface area contributed by atoms with Crippen LogP contribution in [-0.4, -0.2) is 19.0 Å². The smallest absolute Gasteiger partial charge is 0.221 e. The van der Waals surface area contributed by atoms with Gasteiger partial charge in [-0.2, -0.15) is 0 Å². The van der Waals surface area contributed by atoms with E-state index in [-0.39, 0.29) is 5.91 Å². The van der Waals surface area contributed by atoms with Crippen LogP contribution in [0, 0.1) is 0 Å². The molecule has 3 nitrogen and oxygen atoms in total. The lowest BCUT2D eigenvalue weighted by atomic mass is 9.94. The van der Waals surface area contributed by atoms with Crippen molar-refractivity contribution in [3.05, 3.63) is 20.8 Å². The van der Waals surface area contributed by atoms with Crippen LogP contribution in [-0.2, 0) is 11.2 Å². The van der Waals surface area contributed by atoms with Gasteiger partial charge in [-0.25, -0.2) is 0 Å². The molecule has 2 N–H and O–H groups in total. The molecular formula is C13H19ClN2OS. The quantitative estimate of drug-likeness (QED) is 0.874. The van der Waals surface area contributed by atoms with Crippen LogP contribution in [0.15, 0.2) is 6.07 Å². The van der Waals surface area contributed by atoms with Crippen molar-refractivity contribution in [3.8, 4) is 0 Å². The molecular weight excluding hydrogens is 268 g/mol. The number of thiophene rings is 1. The minimum Gasteiger partial charge on any atom is -0.356 e. The highest BCUT2D eigenvalue weighted by molar-refractivity contribution is 7.16. The lowest BCUT2D eigenvalue weighted by molar-refractivity contribution is -0.120. The average Bonchev–Trinajstić information content (AvgIpc) is 2.70. The summed E-state index contributed by atoms with van der Waals surface area (Å²) in [7, 11) is 0. The number of aryl methyl sites for hydroxylation is 1. The third-order valence-electron chi connectivity index (χ3n) is 3.20. The van der Waals surface area contributed by atoms with Gasteiger partial charge in [0.05, 0.1) is 4.34 Å². The van der Waals surface area contributed by atoms with E-state index in [9.17, 15) is 4.79 Å². The van der Waals surface area contributed by atoms with Crippen LogP contribution in [0.3, 0.4) is 0 Å². The van der Waals surface area contributed by atoms with E-state index in [0.717, 1.165) is 23.7 Å². The Labute approximate surface area is 117 Å². The van der Waals surface area contributed by atoms with Crippen LogP contribution in [0.1, 0.15) is 42.7 Å². The third kappa shape index (κ3) is 3.46. The summed E-state index contributed by atoms with van der Waals surface area (Å²) < 4.78 is 0.873. The maximum Gasteiger partial charge on any atom is 0.221 e. The Kier molecular flexibility index (Phi) is 5.03. The molecule has 2 rings (SSSR count). The number of carbonyl (C=O) groups excluding carboxylic acids is 1. The molecule has 1 aromatic rings. The Morgan fingerprint density at radius 1 is 1.61 bits per heavy atom. The fourth-order valence-corrected chi connectivity index (χ4v) is 3.76. The zero-order valence-corrected chi connectivity index (χ0v) is 12.2. The molecule has 1 amide bonds. The molecule has 0 spiro atoms. The maximum absolute atomic E-state index is 11.4. The number of amides is 1. The van der Waals surface area contributed by atoms with E-state index in [1.165, 1.54) is 16.9 Å². The summed E-state index contributed by atoms with van der Waals surface area (Å²) in [6.45, 7) is 3.36. The van der Waals surface area contributed by atoms with Crippen molar-refractivity contribution >= 4 is 28.8 Å². The molecule has 5 heteroatoms. The topological polar surface area (TPSA) is 41.1 Å². The molecule has 1 atom stereocenters. The van der Waals surface area contributed by atoms with E-state index in [2.05, 4.69) is 16.7 Å². The summed E-state index contributed by atoms with van der Waals surface area (Å²) in [6, 6.07) is 2.44. The Morgan fingerprint density at radius 3 is 3.22 bits per heavy atom. The summed E-state index contributed by atoms with van der Waals surface area (Å²) >= 11 is 7.76. The van der Waals surface area contributed by atoms with Crippen molar-refractivity contribution in [2.45, 2.75) is 38.6 Å². The first-order valence-corrected chi connectivity index (χ1v) is 7.68. The molecule has 100 valence electrons. The highest BCUT2D eigenvalue weighted by atomic mass is 35.5. The molecule has 1 heterocycles. The molecule has 0 aliphatic heterocycles. The highest BCUT2D eigenvalue weighted by Crippen LogP contribution is 2.37. The zero-order valence-electron chi connectivity index (χ0n) is 10.6. The Balaban J connectivity index is 1.85. The molecule has 0 saturated heterocycles. The van der Waals surface area contributed by atoms with E-state index < -0.39 is 0 Å². The van der Waals surface area contributed by atoms with Crippen LogP contribution in [0.4, 0.5) is 0 Å². The van der Waals surface area contributed by atoms with Gasteiger partial charge in [0.2, 0.25) is 5.91 Å². The predicted molar refractivity (Wildman–Crippen MR) is 76.3 cm³/mol. The van der Waals surface area contributed by atoms with Gasteiger partial charge in [-0.3, -0.25) is 4.79 Å². The van der Waals surface area contributed by atoms with Crippen LogP contribution in [0.2, 0.25) is 4.34 Å². The van der Waals surface area contributed by atoms with Gasteiger partial charge in [0.25, 0.3) is 0 Å². The van der Waals surface area contributed by atoms with Crippen molar-refractivity contribution in [2.75, 3.05) is 13.1 Å². The second-order valence-electron chi connectivity index (χ2n) is 4.53. The van der Waals surface area contributed by atoms with Crippen molar-refractivity contribution in [3.63, 3.8) is 0 Å². The lowest BCUT2D eigenvalue weighted by Crippen LogP contribution is -2.30. The largest absolute Gasteiger partial charge is 0.356 e. The minimum atomic E-state index is 0.115. The molecule has 0 radical (unpaired) electrons. The number of rotatable bonds is 5. The number of halogens is 1. The maximum atomic E-state index is 11.4. The number of hydrogen-bond donors (Lipinski definition) is 2. The van der Waals surface area contributed by atoms with E-state index in [4.69, 9.17) is 11.6 Å². The fraction of sp³-hybridized carbons (Fsp3) is 0.615. The fourth-order valence-electron chi connectivity index (χ4n) is 2.38. The lowest BCUT2D eigenvalue weighted by Gasteiger charge is -2.23. The first-order chi connectivity index (χ1) is 8.70. The standard InChI is InChI=1S/C13H19ClN2OS/c1-2-15-13(17)6-7-16-10-4-3-5-11-9(10)8-12(14)18-11/h8,10,16H,2-7H2,1H3,(H,15,17). The molecule has 18 heavy (non-hydrogen) atoms. The van der Waals surface area contributed by atoms with Crippen molar-refractivity contribution in [1.82, 2.24) is 10.6 Å².